The van der Waals surface area contributed by atoms with Gasteiger partial charge in [-0.1, -0.05) is 55.5 Å². The van der Waals surface area contributed by atoms with Gasteiger partial charge in [0.15, 0.2) is 0 Å². The van der Waals surface area contributed by atoms with Crippen LogP contribution in [-0.2, 0) is 11.3 Å². The van der Waals surface area contributed by atoms with Crippen LogP contribution in [0, 0.1) is 0 Å². The molecular weight excluding hydrogens is 298 g/mol. The average Bonchev–Trinajstić information content (AvgIpc) is 3.16. The minimum atomic E-state index is 0.249. The third kappa shape index (κ3) is 4.59. The molecule has 2 atom stereocenters. The van der Waals surface area contributed by atoms with Crippen molar-refractivity contribution in [2.75, 3.05) is 13.2 Å². The Balaban J connectivity index is 1.59. The summed E-state index contributed by atoms with van der Waals surface area (Å²) in [5, 5.41) is 3.66. The monoisotopic (exact) mass is 325 g/mol. The van der Waals surface area contributed by atoms with Gasteiger partial charge < -0.3 is 14.8 Å². The van der Waals surface area contributed by atoms with Gasteiger partial charge in [-0.2, -0.15) is 0 Å². The van der Waals surface area contributed by atoms with Crippen LogP contribution in [-0.4, -0.2) is 19.3 Å². The molecule has 3 heteroatoms. The summed E-state index contributed by atoms with van der Waals surface area (Å²) >= 11 is 0. The summed E-state index contributed by atoms with van der Waals surface area (Å²) in [4.78, 5) is 0. The SMILES string of the molecule is CCC(NCc1ccccc1OCC1CCCO1)c1ccccc1. The Labute approximate surface area is 145 Å². The van der Waals surface area contributed by atoms with Crippen LogP contribution < -0.4 is 10.1 Å². The van der Waals surface area contributed by atoms with E-state index in [1.165, 1.54) is 11.1 Å². The van der Waals surface area contributed by atoms with Crippen LogP contribution in [0.5, 0.6) is 5.75 Å². The lowest BCUT2D eigenvalue weighted by atomic mass is 10.0. The van der Waals surface area contributed by atoms with E-state index in [2.05, 4.69) is 60.8 Å². The zero-order chi connectivity index (χ0) is 16.6. The molecule has 1 aliphatic heterocycles. The first-order chi connectivity index (χ1) is 11.9. The van der Waals surface area contributed by atoms with Crippen molar-refractivity contribution in [2.45, 2.75) is 44.9 Å². The van der Waals surface area contributed by atoms with Gasteiger partial charge in [0.25, 0.3) is 0 Å². The van der Waals surface area contributed by atoms with Gasteiger partial charge in [-0.25, -0.2) is 0 Å². The van der Waals surface area contributed by atoms with Crippen molar-refractivity contribution in [3.05, 3.63) is 65.7 Å². The van der Waals surface area contributed by atoms with Gasteiger partial charge in [0.05, 0.1) is 6.10 Å². The highest BCUT2D eigenvalue weighted by atomic mass is 16.5. The van der Waals surface area contributed by atoms with Crippen molar-refractivity contribution in [3.8, 4) is 5.75 Å². The molecule has 0 bridgehead atoms. The molecule has 0 spiro atoms. The number of ether oxygens (including phenoxy) is 2. The molecule has 128 valence electrons. The highest BCUT2D eigenvalue weighted by molar-refractivity contribution is 5.33. The topological polar surface area (TPSA) is 30.5 Å². The third-order valence-electron chi connectivity index (χ3n) is 4.57. The van der Waals surface area contributed by atoms with E-state index in [-0.39, 0.29) is 6.10 Å². The van der Waals surface area contributed by atoms with E-state index in [0.717, 1.165) is 38.2 Å². The van der Waals surface area contributed by atoms with Crippen LogP contribution in [0.3, 0.4) is 0 Å². The molecule has 2 unspecified atom stereocenters. The van der Waals surface area contributed by atoms with E-state index in [9.17, 15) is 0 Å². The van der Waals surface area contributed by atoms with Crippen molar-refractivity contribution >= 4 is 0 Å². The fourth-order valence-electron chi connectivity index (χ4n) is 3.17. The predicted octanol–water partition coefficient (Wildman–Crippen LogP) is 4.49. The smallest absolute Gasteiger partial charge is 0.123 e. The number of hydrogen-bond acceptors (Lipinski definition) is 3. The summed E-state index contributed by atoms with van der Waals surface area (Å²) in [5.74, 6) is 0.961. The molecule has 24 heavy (non-hydrogen) atoms. The van der Waals surface area contributed by atoms with E-state index in [4.69, 9.17) is 9.47 Å². The lowest BCUT2D eigenvalue weighted by Crippen LogP contribution is -2.21. The molecule has 1 heterocycles. The highest BCUT2D eigenvalue weighted by Crippen LogP contribution is 2.22. The quantitative estimate of drug-likeness (QED) is 0.776. The van der Waals surface area contributed by atoms with Crippen molar-refractivity contribution in [1.82, 2.24) is 5.32 Å². The molecule has 0 aromatic heterocycles. The zero-order valence-electron chi connectivity index (χ0n) is 14.4. The van der Waals surface area contributed by atoms with Gasteiger partial charge in [-0.3, -0.25) is 0 Å². The maximum atomic E-state index is 6.03. The summed E-state index contributed by atoms with van der Waals surface area (Å²) in [6, 6.07) is 19.3. The third-order valence-corrected chi connectivity index (χ3v) is 4.57. The molecule has 0 radical (unpaired) electrons. The fourth-order valence-corrected chi connectivity index (χ4v) is 3.17. The van der Waals surface area contributed by atoms with Gasteiger partial charge in [0.1, 0.15) is 12.4 Å². The molecule has 1 fully saturated rings. The average molecular weight is 325 g/mol. The van der Waals surface area contributed by atoms with Gasteiger partial charge >= 0.3 is 0 Å². The van der Waals surface area contributed by atoms with Gasteiger partial charge in [-0.05, 0) is 30.9 Å². The van der Waals surface area contributed by atoms with Crippen molar-refractivity contribution < 1.29 is 9.47 Å². The van der Waals surface area contributed by atoms with Crippen LogP contribution in [0.4, 0.5) is 0 Å². The minimum Gasteiger partial charge on any atom is -0.491 e. The molecule has 2 aromatic carbocycles. The van der Waals surface area contributed by atoms with Gasteiger partial charge in [0, 0.05) is 24.8 Å². The second-order valence-electron chi connectivity index (χ2n) is 6.31. The molecule has 1 aliphatic rings. The number of rotatable bonds is 8. The number of hydrogen-bond donors (Lipinski definition) is 1. The lowest BCUT2D eigenvalue weighted by molar-refractivity contribution is 0.0675. The molecule has 0 saturated carbocycles. The Bertz CT molecular complexity index is 608. The van der Waals surface area contributed by atoms with Crippen LogP contribution in [0.2, 0.25) is 0 Å². The number of benzene rings is 2. The van der Waals surface area contributed by atoms with Crippen LogP contribution in [0.1, 0.15) is 43.4 Å². The summed E-state index contributed by atoms with van der Waals surface area (Å²) < 4.78 is 11.7. The van der Waals surface area contributed by atoms with Gasteiger partial charge in [-0.15, -0.1) is 0 Å². The molecular formula is C21H27NO2. The first-order valence-corrected chi connectivity index (χ1v) is 8.97. The van der Waals surface area contributed by atoms with Crippen molar-refractivity contribution in [1.29, 1.82) is 0 Å². The first-order valence-electron chi connectivity index (χ1n) is 8.97. The largest absolute Gasteiger partial charge is 0.491 e. The lowest BCUT2D eigenvalue weighted by Gasteiger charge is -2.19. The maximum absolute atomic E-state index is 6.03. The predicted molar refractivity (Wildman–Crippen MR) is 97.2 cm³/mol. The standard InChI is InChI=1S/C21H27NO2/c1-2-20(17-9-4-3-5-10-17)22-15-18-11-6-7-13-21(18)24-16-19-12-8-14-23-19/h3-7,9-11,13,19-20,22H,2,8,12,14-16H2,1H3. The van der Waals surface area contributed by atoms with Crippen LogP contribution in [0.15, 0.2) is 54.6 Å². The normalized spacial score (nSPS) is 18.5. The summed E-state index contributed by atoms with van der Waals surface area (Å²) in [6.45, 7) is 4.53. The number of nitrogens with one attached hydrogen (secondary N) is 1. The fraction of sp³-hybridized carbons (Fsp3) is 0.429. The van der Waals surface area contributed by atoms with Crippen molar-refractivity contribution in [3.63, 3.8) is 0 Å². The number of para-hydroxylation sites is 1. The van der Waals surface area contributed by atoms with Crippen LogP contribution in [0.25, 0.3) is 0 Å². The Kier molecular flexibility index (Phi) is 6.27. The molecule has 1 N–H and O–H groups in total. The summed E-state index contributed by atoms with van der Waals surface area (Å²) in [6.07, 6.45) is 3.56. The maximum Gasteiger partial charge on any atom is 0.123 e. The molecule has 3 rings (SSSR count). The second-order valence-corrected chi connectivity index (χ2v) is 6.31. The van der Waals surface area contributed by atoms with E-state index in [0.29, 0.717) is 12.6 Å². The Hall–Kier alpha value is -1.84. The van der Waals surface area contributed by atoms with E-state index in [1.54, 1.807) is 0 Å². The van der Waals surface area contributed by atoms with Crippen molar-refractivity contribution in [2.24, 2.45) is 0 Å². The Morgan fingerprint density at radius 3 is 2.67 bits per heavy atom. The Morgan fingerprint density at radius 2 is 1.92 bits per heavy atom. The van der Waals surface area contributed by atoms with E-state index >= 15 is 0 Å². The van der Waals surface area contributed by atoms with E-state index in [1.807, 2.05) is 6.07 Å². The zero-order valence-corrected chi connectivity index (χ0v) is 14.4. The molecule has 0 amide bonds. The Morgan fingerprint density at radius 1 is 1.12 bits per heavy atom. The second kappa shape index (κ2) is 8.86. The summed E-state index contributed by atoms with van der Waals surface area (Å²) in [7, 11) is 0. The molecule has 0 aliphatic carbocycles. The minimum absolute atomic E-state index is 0.249. The van der Waals surface area contributed by atoms with E-state index < -0.39 is 0 Å². The molecule has 1 saturated heterocycles. The van der Waals surface area contributed by atoms with Crippen LogP contribution >= 0.6 is 0 Å². The highest BCUT2D eigenvalue weighted by Gasteiger charge is 2.17. The summed E-state index contributed by atoms with van der Waals surface area (Å²) in [5.41, 5.74) is 2.53. The van der Waals surface area contributed by atoms with Gasteiger partial charge in [0.2, 0.25) is 0 Å². The molecule has 3 nitrogen and oxygen atoms in total. The first kappa shape index (κ1) is 17.0. The molecule has 2 aromatic rings.